The Morgan fingerprint density at radius 3 is 2.44 bits per heavy atom. The van der Waals surface area contributed by atoms with E-state index in [1.54, 1.807) is 11.8 Å². The summed E-state index contributed by atoms with van der Waals surface area (Å²) in [6, 6.07) is 5.56. The summed E-state index contributed by atoms with van der Waals surface area (Å²) in [5.74, 6) is 1.87. The molecule has 4 rings (SSSR count). The number of hydrogen-bond donors (Lipinski definition) is 1. The van der Waals surface area contributed by atoms with Gasteiger partial charge in [0.1, 0.15) is 5.82 Å². The molecule has 1 N–H and O–H groups in total. The van der Waals surface area contributed by atoms with Crippen LogP contribution in [0.4, 0.5) is 0 Å². The molecule has 2 aromatic heterocycles. The van der Waals surface area contributed by atoms with Gasteiger partial charge < -0.3 is 19.2 Å². The third-order valence-electron chi connectivity index (χ3n) is 6.09. The molecule has 1 aliphatic heterocycles. The summed E-state index contributed by atoms with van der Waals surface area (Å²) in [5, 5.41) is 12.1. The molecule has 1 aliphatic rings. The lowest BCUT2D eigenvalue weighted by Crippen LogP contribution is -2.35. The van der Waals surface area contributed by atoms with Crippen molar-refractivity contribution in [3.05, 3.63) is 64.4 Å². The molecule has 9 nitrogen and oxygen atoms in total. The molecule has 1 atom stereocenters. The SMILES string of the molecule is Cc1cc(C)cc(C(=O)N[C@@H](CC(C)C)c2nnc3n2CCN(C(=O)c2ocnc2C)CC3)c1. The minimum atomic E-state index is -0.284. The standard InChI is InChI=1S/C25H32N6O3/c1-15(2)10-20(27-24(32)19-12-16(3)11-17(4)13-19)23-29-28-21-6-7-30(8-9-31(21)23)25(33)22-18(5)26-14-34-22/h11-15,20H,6-10H2,1-5H3,(H,27,32)/t20-/m0/s1. The molecule has 3 aromatic rings. The zero-order valence-corrected chi connectivity index (χ0v) is 20.5. The van der Waals surface area contributed by atoms with Gasteiger partial charge in [-0.1, -0.05) is 31.0 Å². The summed E-state index contributed by atoms with van der Waals surface area (Å²) in [7, 11) is 0. The fourth-order valence-electron chi connectivity index (χ4n) is 4.50. The number of nitrogens with zero attached hydrogens (tertiary/aromatic N) is 5. The van der Waals surface area contributed by atoms with E-state index in [1.807, 2.05) is 32.0 Å². The van der Waals surface area contributed by atoms with Gasteiger partial charge in [-0.05, 0) is 45.2 Å². The van der Waals surface area contributed by atoms with Crippen LogP contribution in [0.2, 0.25) is 0 Å². The van der Waals surface area contributed by atoms with Gasteiger partial charge in [0.25, 0.3) is 11.8 Å². The Bertz CT molecular complexity index is 1170. The van der Waals surface area contributed by atoms with Crippen molar-refractivity contribution in [1.29, 1.82) is 0 Å². The van der Waals surface area contributed by atoms with Crippen LogP contribution in [0.3, 0.4) is 0 Å². The average Bonchev–Trinajstić information content (AvgIpc) is 3.32. The Balaban J connectivity index is 1.55. The zero-order chi connectivity index (χ0) is 24.4. The number of oxazole rings is 1. The van der Waals surface area contributed by atoms with Gasteiger partial charge in [0, 0.05) is 31.6 Å². The highest BCUT2D eigenvalue weighted by atomic mass is 16.3. The molecule has 180 valence electrons. The highest BCUT2D eigenvalue weighted by Gasteiger charge is 2.29. The summed E-state index contributed by atoms with van der Waals surface area (Å²) < 4.78 is 7.35. The summed E-state index contributed by atoms with van der Waals surface area (Å²) in [4.78, 5) is 31.9. The fraction of sp³-hybridized carbons (Fsp3) is 0.480. The predicted molar refractivity (Wildman–Crippen MR) is 126 cm³/mol. The molecule has 0 fully saturated rings. The van der Waals surface area contributed by atoms with E-state index in [2.05, 4.69) is 38.9 Å². The Kier molecular flexibility index (Phi) is 6.81. The molecule has 0 saturated heterocycles. The first-order valence-corrected chi connectivity index (χ1v) is 11.7. The first-order chi connectivity index (χ1) is 16.2. The molecule has 2 amide bonds. The van der Waals surface area contributed by atoms with Crippen LogP contribution in [0.1, 0.15) is 75.7 Å². The molecular formula is C25H32N6O3. The Hall–Kier alpha value is -3.49. The number of fused-ring (bicyclic) bond motifs is 1. The first kappa shape index (κ1) is 23.7. The Labute approximate surface area is 199 Å². The quantitative estimate of drug-likeness (QED) is 0.599. The van der Waals surface area contributed by atoms with Gasteiger partial charge in [-0.15, -0.1) is 10.2 Å². The lowest BCUT2D eigenvalue weighted by molar-refractivity contribution is 0.0725. The van der Waals surface area contributed by atoms with Gasteiger partial charge in [-0.3, -0.25) is 9.59 Å². The number of aromatic nitrogens is 4. The number of carbonyl (C=O) groups is 2. The molecular weight excluding hydrogens is 432 g/mol. The van der Waals surface area contributed by atoms with Crippen LogP contribution in [0.15, 0.2) is 29.0 Å². The molecule has 0 radical (unpaired) electrons. The summed E-state index contributed by atoms with van der Waals surface area (Å²) in [5.41, 5.74) is 3.32. The van der Waals surface area contributed by atoms with Crippen LogP contribution in [-0.4, -0.2) is 49.6 Å². The number of rotatable bonds is 6. The van der Waals surface area contributed by atoms with Crippen molar-refractivity contribution in [3.63, 3.8) is 0 Å². The van der Waals surface area contributed by atoms with E-state index in [9.17, 15) is 9.59 Å². The lowest BCUT2D eigenvalue weighted by atomic mass is 10.0. The molecule has 1 aromatic carbocycles. The van der Waals surface area contributed by atoms with Gasteiger partial charge >= 0.3 is 0 Å². The van der Waals surface area contributed by atoms with Crippen LogP contribution in [0, 0.1) is 26.7 Å². The molecule has 34 heavy (non-hydrogen) atoms. The van der Waals surface area contributed by atoms with Gasteiger partial charge in [0.2, 0.25) is 5.76 Å². The predicted octanol–water partition coefficient (Wildman–Crippen LogP) is 3.41. The minimum Gasteiger partial charge on any atom is -0.438 e. The number of nitrogens with one attached hydrogen (secondary N) is 1. The van der Waals surface area contributed by atoms with Crippen molar-refractivity contribution in [2.45, 2.75) is 60.0 Å². The highest BCUT2D eigenvalue weighted by Crippen LogP contribution is 2.24. The van der Waals surface area contributed by atoms with E-state index in [4.69, 9.17) is 4.42 Å². The fourth-order valence-corrected chi connectivity index (χ4v) is 4.50. The molecule has 9 heteroatoms. The van der Waals surface area contributed by atoms with Gasteiger partial charge in [0.05, 0.1) is 11.7 Å². The summed E-state index contributed by atoms with van der Waals surface area (Å²) in [6.45, 7) is 11.5. The van der Waals surface area contributed by atoms with E-state index in [1.165, 1.54) is 6.39 Å². The zero-order valence-electron chi connectivity index (χ0n) is 20.5. The molecule has 0 unspecified atom stereocenters. The maximum absolute atomic E-state index is 13.1. The average molecular weight is 465 g/mol. The minimum absolute atomic E-state index is 0.124. The van der Waals surface area contributed by atoms with Gasteiger partial charge in [0.15, 0.2) is 12.2 Å². The van der Waals surface area contributed by atoms with E-state index < -0.39 is 0 Å². The Morgan fingerprint density at radius 1 is 1.06 bits per heavy atom. The topological polar surface area (TPSA) is 106 Å². The first-order valence-electron chi connectivity index (χ1n) is 11.7. The molecule has 0 bridgehead atoms. The van der Waals surface area contributed by atoms with Crippen molar-refractivity contribution in [2.75, 3.05) is 13.1 Å². The second-order valence-electron chi connectivity index (χ2n) is 9.47. The van der Waals surface area contributed by atoms with Crippen LogP contribution >= 0.6 is 0 Å². The van der Waals surface area contributed by atoms with Crippen LogP contribution < -0.4 is 5.32 Å². The van der Waals surface area contributed by atoms with Crippen LogP contribution in [0.5, 0.6) is 0 Å². The number of hydrogen-bond acceptors (Lipinski definition) is 6. The van der Waals surface area contributed by atoms with Crippen molar-refractivity contribution in [1.82, 2.24) is 30.0 Å². The third-order valence-corrected chi connectivity index (χ3v) is 6.09. The van der Waals surface area contributed by atoms with E-state index in [0.29, 0.717) is 43.2 Å². The molecule has 0 spiro atoms. The van der Waals surface area contributed by atoms with Crippen molar-refractivity contribution in [2.24, 2.45) is 5.92 Å². The van der Waals surface area contributed by atoms with Crippen molar-refractivity contribution >= 4 is 11.8 Å². The van der Waals surface area contributed by atoms with E-state index in [-0.39, 0.29) is 23.6 Å². The summed E-state index contributed by atoms with van der Waals surface area (Å²) in [6.07, 6.45) is 2.60. The smallest absolute Gasteiger partial charge is 0.291 e. The number of aryl methyl sites for hydroxylation is 3. The molecule has 0 aliphatic carbocycles. The largest absolute Gasteiger partial charge is 0.438 e. The van der Waals surface area contributed by atoms with Crippen LogP contribution in [-0.2, 0) is 13.0 Å². The second-order valence-corrected chi connectivity index (χ2v) is 9.47. The monoisotopic (exact) mass is 464 g/mol. The van der Waals surface area contributed by atoms with Crippen molar-refractivity contribution < 1.29 is 14.0 Å². The number of carbonyl (C=O) groups excluding carboxylic acids is 2. The second kappa shape index (κ2) is 9.79. The number of amides is 2. The van der Waals surface area contributed by atoms with E-state index >= 15 is 0 Å². The third kappa shape index (κ3) is 5.03. The van der Waals surface area contributed by atoms with Gasteiger partial charge in [-0.25, -0.2) is 4.98 Å². The maximum Gasteiger partial charge on any atom is 0.291 e. The lowest BCUT2D eigenvalue weighted by Gasteiger charge is -2.22. The van der Waals surface area contributed by atoms with E-state index in [0.717, 1.165) is 29.2 Å². The normalized spacial score (nSPS) is 14.6. The molecule has 0 saturated carbocycles. The molecule has 3 heterocycles. The maximum atomic E-state index is 13.1. The highest BCUT2D eigenvalue weighted by molar-refractivity contribution is 5.95. The van der Waals surface area contributed by atoms with Gasteiger partial charge in [-0.2, -0.15) is 0 Å². The summed E-state index contributed by atoms with van der Waals surface area (Å²) >= 11 is 0. The number of benzene rings is 1. The van der Waals surface area contributed by atoms with Crippen LogP contribution in [0.25, 0.3) is 0 Å². The Morgan fingerprint density at radius 2 is 1.79 bits per heavy atom. The van der Waals surface area contributed by atoms with Crippen molar-refractivity contribution in [3.8, 4) is 0 Å².